The predicted molar refractivity (Wildman–Crippen MR) is 74.3 cm³/mol. The van der Waals surface area contributed by atoms with Crippen molar-refractivity contribution in [1.29, 1.82) is 0 Å². The maximum absolute atomic E-state index is 13.7. The van der Waals surface area contributed by atoms with Gasteiger partial charge in [-0.1, -0.05) is 18.2 Å². The number of nitrogens with one attached hydrogen (secondary N) is 1. The summed E-state index contributed by atoms with van der Waals surface area (Å²) < 4.78 is 27.3. The molecule has 0 atom stereocenters. The van der Waals surface area contributed by atoms with Gasteiger partial charge in [0.25, 0.3) is 0 Å². The molecule has 0 bridgehead atoms. The highest BCUT2D eigenvalue weighted by atomic mass is 19.1. The molecule has 0 aliphatic carbocycles. The Morgan fingerprint density at radius 2 is 1.80 bits per heavy atom. The van der Waals surface area contributed by atoms with E-state index < -0.39 is 23.2 Å². The van der Waals surface area contributed by atoms with Crippen molar-refractivity contribution in [3.8, 4) is 0 Å². The monoisotopic (exact) mass is 276 g/mol. The molecule has 5 heteroatoms. The van der Waals surface area contributed by atoms with Crippen molar-refractivity contribution in [3.05, 3.63) is 59.2 Å². The molecule has 0 aromatic heterocycles. The van der Waals surface area contributed by atoms with Gasteiger partial charge in [0.2, 0.25) is 5.91 Å². The molecule has 2 aromatic carbocycles. The highest BCUT2D eigenvalue weighted by Crippen LogP contribution is 2.21. The minimum atomic E-state index is -0.793. The van der Waals surface area contributed by atoms with Crippen LogP contribution in [0, 0.1) is 18.6 Å². The summed E-state index contributed by atoms with van der Waals surface area (Å²) in [5.41, 5.74) is 6.70. The number of nitrogens with two attached hydrogens (primary N) is 1. The van der Waals surface area contributed by atoms with Crippen LogP contribution < -0.4 is 11.1 Å². The normalized spacial score (nSPS) is 10.3. The third kappa shape index (κ3) is 3.12. The van der Waals surface area contributed by atoms with E-state index in [1.807, 2.05) is 0 Å². The SMILES string of the molecule is Cc1ccc(F)c(NC(=O)Cc2ccc(N)cc2)c1F. The number of benzene rings is 2. The van der Waals surface area contributed by atoms with Crippen molar-refractivity contribution in [2.24, 2.45) is 0 Å². The number of halogens is 2. The smallest absolute Gasteiger partial charge is 0.228 e. The predicted octanol–water partition coefficient (Wildman–Crippen LogP) is 3.04. The zero-order chi connectivity index (χ0) is 14.7. The first-order chi connectivity index (χ1) is 9.47. The Kier molecular flexibility index (Phi) is 3.98. The molecule has 0 radical (unpaired) electrons. The van der Waals surface area contributed by atoms with Crippen LogP contribution in [0.25, 0.3) is 0 Å². The molecule has 0 saturated heterocycles. The highest BCUT2D eigenvalue weighted by molar-refractivity contribution is 5.92. The van der Waals surface area contributed by atoms with E-state index >= 15 is 0 Å². The van der Waals surface area contributed by atoms with Crippen molar-refractivity contribution in [1.82, 2.24) is 0 Å². The van der Waals surface area contributed by atoms with Crippen LogP contribution in [0.4, 0.5) is 20.2 Å². The number of nitrogen functional groups attached to an aromatic ring is 1. The molecule has 0 saturated carbocycles. The summed E-state index contributed by atoms with van der Waals surface area (Å²) in [6.45, 7) is 1.50. The average Bonchev–Trinajstić information content (AvgIpc) is 2.42. The van der Waals surface area contributed by atoms with Crippen LogP contribution >= 0.6 is 0 Å². The second-order valence-electron chi connectivity index (χ2n) is 4.52. The number of hydrogen-bond acceptors (Lipinski definition) is 2. The lowest BCUT2D eigenvalue weighted by molar-refractivity contribution is -0.115. The van der Waals surface area contributed by atoms with Crippen molar-refractivity contribution in [3.63, 3.8) is 0 Å². The van der Waals surface area contributed by atoms with E-state index in [4.69, 9.17) is 5.73 Å². The maximum Gasteiger partial charge on any atom is 0.228 e. The molecule has 0 heterocycles. The number of anilines is 2. The number of carbonyl (C=O) groups is 1. The summed E-state index contributed by atoms with van der Waals surface area (Å²) in [6, 6.07) is 9.15. The van der Waals surface area contributed by atoms with E-state index in [1.165, 1.54) is 13.0 Å². The van der Waals surface area contributed by atoms with Gasteiger partial charge in [0.1, 0.15) is 11.5 Å². The second-order valence-corrected chi connectivity index (χ2v) is 4.52. The quantitative estimate of drug-likeness (QED) is 0.847. The number of aryl methyl sites for hydroxylation is 1. The lowest BCUT2D eigenvalue weighted by Crippen LogP contribution is -2.17. The maximum atomic E-state index is 13.7. The van der Waals surface area contributed by atoms with Crippen LogP contribution in [0.3, 0.4) is 0 Å². The highest BCUT2D eigenvalue weighted by Gasteiger charge is 2.14. The topological polar surface area (TPSA) is 55.1 Å². The molecule has 2 rings (SSSR count). The molecule has 0 aliphatic rings. The van der Waals surface area contributed by atoms with Crippen LogP contribution in [0.15, 0.2) is 36.4 Å². The fourth-order valence-electron chi connectivity index (χ4n) is 1.78. The van der Waals surface area contributed by atoms with Gasteiger partial charge in [-0.2, -0.15) is 0 Å². The van der Waals surface area contributed by atoms with Crippen LogP contribution in [0.2, 0.25) is 0 Å². The Morgan fingerprint density at radius 3 is 2.45 bits per heavy atom. The van der Waals surface area contributed by atoms with Crippen molar-refractivity contribution >= 4 is 17.3 Å². The first kappa shape index (κ1) is 14.0. The number of amides is 1. The van der Waals surface area contributed by atoms with Gasteiger partial charge < -0.3 is 11.1 Å². The van der Waals surface area contributed by atoms with Crippen molar-refractivity contribution < 1.29 is 13.6 Å². The third-order valence-corrected chi connectivity index (χ3v) is 2.89. The molecule has 0 aliphatic heterocycles. The summed E-state index contributed by atoms with van der Waals surface area (Å²) in [5.74, 6) is -2.03. The van der Waals surface area contributed by atoms with E-state index in [-0.39, 0.29) is 12.0 Å². The number of hydrogen-bond donors (Lipinski definition) is 2. The second kappa shape index (κ2) is 5.69. The van der Waals surface area contributed by atoms with Gasteiger partial charge in [-0.15, -0.1) is 0 Å². The van der Waals surface area contributed by atoms with Gasteiger partial charge in [-0.25, -0.2) is 8.78 Å². The molecule has 3 N–H and O–H groups in total. The standard InChI is InChI=1S/C15H14F2N2O/c1-9-2-7-12(16)15(14(9)17)19-13(20)8-10-3-5-11(18)6-4-10/h2-7H,8,18H2,1H3,(H,19,20). The van der Waals surface area contributed by atoms with Crippen LogP contribution in [-0.4, -0.2) is 5.91 Å². The largest absolute Gasteiger partial charge is 0.399 e. The fourth-order valence-corrected chi connectivity index (χ4v) is 1.78. The van der Waals surface area contributed by atoms with Gasteiger partial charge in [0.15, 0.2) is 5.82 Å². The summed E-state index contributed by atoms with van der Waals surface area (Å²) in [5, 5.41) is 2.26. The first-order valence-corrected chi connectivity index (χ1v) is 6.06. The summed E-state index contributed by atoms with van der Waals surface area (Å²) in [7, 11) is 0. The minimum Gasteiger partial charge on any atom is -0.399 e. The van der Waals surface area contributed by atoms with Gasteiger partial charge >= 0.3 is 0 Å². The fraction of sp³-hybridized carbons (Fsp3) is 0.133. The molecule has 2 aromatic rings. The molecular formula is C15H14F2N2O. The Balaban J connectivity index is 2.12. The van der Waals surface area contributed by atoms with Gasteiger partial charge in [0, 0.05) is 5.69 Å². The Hall–Kier alpha value is -2.43. The Labute approximate surface area is 115 Å². The molecule has 0 spiro atoms. The Morgan fingerprint density at radius 1 is 1.15 bits per heavy atom. The summed E-state index contributed by atoms with van der Waals surface area (Å²) >= 11 is 0. The van der Waals surface area contributed by atoms with E-state index in [0.717, 1.165) is 6.07 Å². The summed E-state index contributed by atoms with van der Waals surface area (Å²) in [6.07, 6.45) is 0.0209. The van der Waals surface area contributed by atoms with Crippen LogP contribution in [0.1, 0.15) is 11.1 Å². The van der Waals surface area contributed by atoms with E-state index in [0.29, 0.717) is 11.3 Å². The minimum absolute atomic E-state index is 0.0209. The molecule has 0 fully saturated rings. The average molecular weight is 276 g/mol. The van der Waals surface area contributed by atoms with Gasteiger partial charge in [-0.3, -0.25) is 4.79 Å². The van der Waals surface area contributed by atoms with E-state index in [2.05, 4.69) is 5.32 Å². The van der Waals surface area contributed by atoms with Crippen molar-refractivity contribution in [2.45, 2.75) is 13.3 Å². The molecule has 20 heavy (non-hydrogen) atoms. The van der Waals surface area contributed by atoms with Gasteiger partial charge in [0.05, 0.1) is 6.42 Å². The lowest BCUT2D eigenvalue weighted by atomic mass is 10.1. The number of carbonyl (C=O) groups excluding carboxylic acids is 1. The van der Waals surface area contributed by atoms with Crippen LogP contribution in [-0.2, 0) is 11.2 Å². The molecule has 104 valence electrons. The zero-order valence-electron chi connectivity index (χ0n) is 10.9. The van der Waals surface area contributed by atoms with Gasteiger partial charge in [-0.05, 0) is 36.2 Å². The number of rotatable bonds is 3. The Bertz CT molecular complexity index is 639. The lowest BCUT2D eigenvalue weighted by Gasteiger charge is -2.09. The van der Waals surface area contributed by atoms with E-state index in [1.54, 1.807) is 24.3 Å². The summed E-state index contributed by atoms with van der Waals surface area (Å²) in [4.78, 5) is 11.8. The van der Waals surface area contributed by atoms with Crippen LogP contribution in [0.5, 0.6) is 0 Å². The zero-order valence-corrected chi connectivity index (χ0v) is 10.9. The molecule has 3 nitrogen and oxygen atoms in total. The molecular weight excluding hydrogens is 262 g/mol. The third-order valence-electron chi connectivity index (χ3n) is 2.89. The van der Waals surface area contributed by atoms with E-state index in [9.17, 15) is 13.6 Å². The molecule has 1 amide bonds. The first-order valence-electron chi connectivity index (χ1n) is 6.06. The van der Waals surface area contributed by atoms with Crippen molar-refractivity contribution in [2.75, 3.05) is 11.1 Å². The molecule has 0 unspecified atom stereocenters.